The Hall–Kier alpha value is -0.500. The van der Waals surface area contributed by atoms with Crippen LogP contribution in [0.2, 0.25) is 0 Å². The summed E-state index contributed by atoms with van der Waals surface area (Å²) in [6.07, 6.45) is 0. The van der Waals surface area contributed by atoms with E-state index in [0.717, 1.165) is 0 Å². The minimum Gasteiger partial charge on any atom is -0.870 e. The predicted octanol–water partition coefficient (Wildman–Crippen LogP) is -1.57. The van der Waals surface area contributed by atoms with E-state index in [1.165, 1.54) is 0 Å². The Morgan fingerprint density at radius 1 is 0.615 bits per heavy atom. The van der Waals surface area contributed by atoms with Gasteiger partial charge in [0, 0.05) is 0 Å². The van der Waals surface area contributed by atoms with Gasteiger partial charge in [-0.25, -0.2) is 0 Å². The third-order valence-corrected chi connectivity index (χ3v) is 0. The average Bonchev–Trinajstić information content (AvgIpc) is 1.25. The second-order valence-corrected chi connectivity index (χ2v) is 0.447. The Bertz CT molecular complexity index is 70.9. The summed E-state index contributed by atoms with van der Waals surface area (Å²) in [5.74, 6) is 0. The zero-order valence-corrected chi connectivity index (χ0v) is 8.05. The van der Waals surface area contributed by atoms with Gasteiger partial charge in [0.1, 0.15) is 0 Å². The van der Waals surface area contributed by atoms with Crippen LogP contribution in [0.5, 0.6) is 0 Å². The molecule has 0 amide bonds. The van der Waals surface area contributed by atoms with Gasteiger partial charge in [-0.2, -0.15) is 0 Å². The van der Waals surface area contributed by atoms with Gasteiger partial charge in [-0.1, -0.05) is 0 Å². The van der Waals surface area contributed by atoms with E-state index >= 15 is 0 Å². The van der Waals surface area contributed by atoms with Crippen LogP contribution in [0.15, 0.2) is 0 Å². The summed E-state index contributed by atoms with van der Waals surface area (Å²) < 4.78 is 0. The van der Waals surface area contributed by atoms with Gasteiger partial charge in [0.05, 0.1) is 10.2 Å². The molecule has 0 aromatic rings. The van der Waals surface area contributed by atoms with Crippen molar-refractivity contribution in [1.29, 1.82) is 0 Å². The summed E-state index contributed by atoms with van der Waals surface area (Å²) in [6, 6.07) is 0. The van der Waals surface area contributed by atoms with Crippen molar-refractivity contribution in [2.24, 2.45) is 0 Å². The van der Waals surface area contributed by atoms with Gasteiger partial charge in [-0.3, -0.25) is 0 Å². The quantitative estimate of drug-likeness (QED) is 0.263. The normalized spacial score (nSPS) is 3.69. The molecule has 0 unspecified atom stereocenters. The van der Waals surface area contributed by atoms with E-state index in [4.69, 9.17) is 30.6 Å². The molecule has 0 radical (unpaired) electrons. The zero-order valence-electron chi connectivity index (χ0n) is 5.84. The van der Waals surface area contributed by atoms with Gasteiger partial charge in [-0.05, 0) is 0 Å². The summed E-state index contributed by atoms with van der Waals surface area (Å²) in [5, 5.41) is 29.5. The van der Waals surface area contributed by atoms with Crippen LogP contribution >= 0.6 is 0 Å². The first kappa shape index (κ1) is 54.7. The van der Waals surface area contributed by atoms with Gasteiger partial charge in [0.25, 0.3) is 0 Å². The maximum Gasteiger partial charge on any atom is 2.00 e. The molecular formula is H4CaN2O10-4. The number of rotatable bonds is 0. The third kappa shape index (κ3) is 4150. The summed E-state index contributed by atoms with van der Waals surface area (Å²) >= 11 is 0. The standard InChI is InChI=1S/Ca.2NO3.4H2O/c;2*2-1(3)4;;;;/h;;;4*1H2/q+2;2*-1;;;;/p-4. The van der Waals surface area contributed by atoms with Crippen LogP contribution in [-0.4, -0.2) is 69.8 Å². The fourth-order valence-electron chi connectivity index (χ4n) is 0. The van der Waals surface area contributed by atoms with Crippen LogP contribution in [0.1, 0.15) is 0 Å². The van der Waals surface area contributed by atoms with Crippen molar-refractivity contribution < 1.29 is 32.1 Å². The van der Waals surface area contributed by atoms with E-state index in [2.05, 4.69) is 0 Å². The molecule has 0 saturated heterocycles. The largest absolute Gasteiger partial charge is 2.00 e. The summed E-state index contributed by atoms with van der Waals surface area (Å²) in [5.41, 5.74) is 0. The Morgan fingerprint density at radius 3 is 0.615 bits per heavy atom. The molecule has 0 heterocycles. The molecule has 0 fully saturated rings. The molecule has 4 N–H and O–H groups in total. The molecular weight excluding hydrogens is 228 g/mol. The molecule has 0 aliphatic heterocycles. The fourth-order valence-corrected chi connectivity index (χ4v) is 0. The topological polar surface area (TPSA) is 252 Å². The van der Waals surface area contributed by atoms with E-state index in [1.54, 1.807) is 0 Å². The van der Waals surface area contributed by atoms with Crippen molar-refractivity contribution in [1.82, 2.24) is 0 Å². The molecule has 0 aromatic heterocycles. The van der Waals surface area contributed by atoms with Crippen LogP contribution < -0.4 is 0 Å². The molecule has 0 aromatic carbocycles. The Morgan fingerprint density at radius 2 is 0.615 bits per heavy atom. The van der Waals surface area contributed by atoms with Crippen molar-refractivity contribution in [3.8, 4) is 0 Å². The van der Waals surface area contributed by atoms with Crippen LogP contribution in [0.4, 0.5) is 0 Å². The van der Waals surface area contributed by atoms with E-state index in [0.29, 0.717) is 0 Å². The van der Waals surface area contributed by atoms with Crippen LogP contribution in [0.3, 0.4) is 0 Å². The van der Waals surface area contributed by atoms with Crippen LogP contribution in [0.25, 0.3) is 0 Å². The van der Waals surface area contributed by atoms with E-state index in [1.807, 2.05) is 0 Å². The molecule has 80 valence electrons. The van der Waals surface area contributed by atoms with Gasteiger partial charge in [-0.15, -0.1) is 0 Å². The maximum absolute atomic E-state index is 8.25. The van der Waals surface area contributed by atoms with Crippen molar-refractivity contribution in [3.05, 3.63) is 30.6 Å². The Labute approximate surface area is 100 Å². The summed E-state index contributed by atoms with van der Waals surface area (Å²) in [6.45, 7) is 0. The smallest absolute Gasteiger partial charge is 0.870 e. The molecule has 12 nitrogen and oxygen atoms in total. The van der Waals surface area contributed by atoms with Crippen LogP contribution in [-0.2, 0) is 0 Å². The van der Waals surface area contributed by atoms with E-state index < -0.39 is 10.2 Å². The van der Waals surface area contributed by atoms with Crippen molar-refractivity contribution >= 4 is 37.7 Å². The first-order chi connectivity index (χ1) is 3.46. The monoisotopic (exact) mass is 232 g/mol. The van der Waals surface area contributed by atoms with Crippen LogP contribution in [0, 0.1) is 30.6 Å². The number of hydrogen-bond donors (Lipinski definition) is 0. The molecule has 0 bridgehead atoms. The molecule has 0 saturated carbocycles. The Balaban J connectivity index is -0.00000000800. The molecule has 0 rings (SSSR count). The van der Waals surface area contributed by atoms with Crippen molar-refractivity contribution in [2.45, 2.75) is 0 Å². The fraction of sp³-hybridized carbons (Fsp3) is 0. The second-order valence-electron chi connectivity index (χ2n) is 0.447. The number of nitrogens with zero attached hydrogens (tertiary/aromatic N) is 2. The van der Waals surface area contributed by atoms with Gasteiger partial charge >= 0.3 is 37.7 Å². The molecule has 0 spiro atoms. The number of hydrogen-bond acceptors (Lipinski definition) is 10. The first-order valence-corrected chi connectivity index (χ1v) is 1.10. The average molecular weight is 232 g/mol. The Kier molecular flexibility index (Phi) is 176. The third-order valence-electron chi connectivity index (χ3n) is 0. The minimum absolute atomic E-state index is 0. The summed E-state index contributed by atoms with van der Waals surface area (Å²) in [7, 11) is 0. The van der Waals surface area contributed by atoms with Crippen molar-refractivity contribution in [2.75, 3.05) is 0 Å². The van der Waals surface area contributed by atoms with Gasteiger partial charge < -0.3 is 52.5 Å². The van der Waals surface area contributed by atoms with E-state index in [9.17, 15) is 0 Å². The zero-order chi connectivity index (χ0) is 7.15. The molecule has 13 heteroatoms. The molecule has 13 heavy (non-hydrogen) atoms. The predicted molar refractivity (Wildman–Crippen MR) is 34.2 cm³/mol. The van der Waals surface area contributed by atoms with Gasteiger partial charge in [0.2, 0.25) is 0 Å². The van der Waals surface area contributed by atoms with Crippen molar-refractivity contribution in [3.63, 3.8) is 0 Å². The minimum atomic E-state index is -1.75. The first-order valence-electron chi connectivity index (χ1n) is 1.10. The molecule has 0 aliphatic rings. The maximum atomic E-state index is 8.25. The summed E-state index contributed by atoms with van der Waals surface area (Å²) in [4.78, 5) is 16.5. The molecule has 0 atom stereocenters. The van der Waals surface area contributed by atoms with Gasteiger partial charge in [0.15, 0.2) is 0 Å². The molecule has 0 aliphatic carbocycles. The second kappa shape index (κ2) is 41.9. The van der Waals surface area contributed by atoms with E-state index in [-0.39, 0.29) is 59.6 Å². The SMILES string of the molecule is O=[N+]([O-])[O-].O=[N+]([O-])[O-].[Ca+2].[OH-].[OH-].[OH-].[OH-].